The first-order valence-corrected chi connectivity index (χ1v) is 6.05. The number of carbonyl (C=O) groups is 1. The lowest BCUT2D eigenvalue weighted by atomic mass is 10.3. The minimum absolute atomic E-state index is 0.0223. The van der Waals surface area contributed by atoms with Crippen LogP contribution in [-0.4, -0.2) is 27.0 Å². The van der Waals surface area contributed by atoms with Gasteiger partial charge in [0.1, 0.15) is 5.52 Å². The van der Waals surface area contributed by atoms with Crippen molar-refractivity contribution in [2.75, 3.05) is 12.3 Å². The van der Waals surface area contributed by atoms with E-state index in [4.69, 9.17) is 5.73 Å². The molecule has 0 fully saturated rings. The molecule has 0 aliphatic carbocycles. The van der Waals surface area contributed by atoms with Gasteiger partial charge in [-0.3, -0.25) is 9.36 Å². The van der Waals surface area contributed by atoms with Crippen molar-refractivity contribution in [1.82, 2.24) is 19.9 Å². The molecule has 3 N–H and O–H groups in total. The van der Waals surface area contributed by atoms with Crippen molar-refractivity contribution in [1.29, 1.82) is 0 Å². The summed E-state index contributed by atoms with van der Waals surface area (Å²) in [4.78, 5) is 20.0. The molecule has 6 nitrogen and oxygen atoms in total. The Balaban J connectivity index is 2.07. The van der Waals surface area contributed by atoms with E-state index in [1.54, 1.807) is 10.8 Å². The number of hydrogen-bond donors (Lipinski definition) is 2. The molecule has 0 aliphatic rings. The maximum atomic E-state index is 11.5. The third-order valence-corrected chi connectivity index (χ3v) is 2.67. The molecule has 2 aromatic heterocycles. The van der Waals surface area contributed by atoms with E-state index < -0.39 is 0 Å². The zero-order valence-electron chi connectivity index (χ0n) is 10.4. The van der Waals surface area contributed by atoms with Gasteiger partial charge in [-0.15, -0.1) is 0 Å². The highest BCUT2D eigenvalue weighted by atomic mass is 16.1. The number of nitrogen functional groups attached to an aromatic ring is 1. The molecule has 0 saturated heterocycles. The summed E-state index contributed by atoms with van der Waals surface area (Å²) in [5.41, 5.74) is 7.29. The topological polar surface area (TPSA) is 85.8 Å². The largest absolute Gasteiger partial charge is 0.369 e. The molecule has 0 radical (unpaired) electrons. The fraction of sp³-hybridized carbons (Fsp3) is 0.417. The lowest BCUT2D eigenvalue weighted by Gasteiger charge is -2.06. The molecule has 18 heavy (non-hydrogen) atoms. The summed E-state index contributed by atoms with van der Waals surface area (Å²) in [7, 11) is 0. The maximum Gasteiger partial charge on any atom is 0.221 e. The van der Waals surface area contributed by atoms with E-state index in [0.717, 1.165) is 17.6 Å². The number of fused-ring (bicyclic) bond motifs is 1. The Morgan fingerprint density at radius 1 is 1.56 bits per heavy atom. The average molecular weight is 247 g/mol. The number of hydrogen-bond acceptors (Lipinski definition) is 4. The fourth-order valence-corrected chi connectivity index (χ4v) is 1.76. The number of nitrogens with zero attached hydrogens (tertiary/aromatic N) is 3. The van der Waals surface area contributed by atoms with Crippen LogP contribution in [0.4, 0.5) is 5.95 Å². The molecule has 2 rings (SSSR count). The summed E-state index contributed by atoms with van der Waals surface area (Å²) in [5.74, 6) is 0.418. The summed E-state index contributed by atoms with van der Waals surface area (Å²) in [6.45, 7) is 3.22. The smallest absolute Gasteiger partial charge is 0.221 e. The first-order valence-electron chi connectivity index (χ1n) is 6.05. The number of aromatic nitrogens is 3. The van der Waals surface area contributed by atoms with E-state index in [2.05, 4.69) is 15.3 Å². The number of imidazole rings is 1. The van der Waals surface area contributed by atoms with Crippen LogP contribution >= 0.6 is 0 Å². The Morgan fingerprint density at radius 2 is 2.39 bits per heavy atom. The van der Waals surface area contributed by atoms with Gasteiger partial charge in [0.05, 0.1) is 0 Å². The molecule has 96 valence electrons. The first kappa shape index (κ1) is 12.3. The molecule has 2 heterocycles. The standard InChI is InChI=1S/C12H17N5O/c1-2-6-14-10(18)5-8-17-11-9(16-12(17)13)4-3-7-15-11/h3-4,7H,2,5-6,8H2,1H3,(H2,13,16)(H,14,18). The maximum absolute atomic E-state index is 11.5. The number of anilines is 1. The summed E-state index contributed by atoms with van der Waals surface area (Å²) in [5, 5.41) is 2.83. The number of amides is 1. The number of nitrogens with two attached hydrogens (primary N) is 1. The van der Waals surface area contributed by atoms with Crippen LogP contribution in [0.25, 0.3) is 11.2 Å². The van der Waals surface area contributed by atoms with Crippen molar-refractivity contribution in [3.8, 4) is 0 Å². The zero-order chi connectivity index (χ0) is 13.0. The molecular formula is C12H17N5O. The van der Waals surface area contributed by atoms with Gasteiger partial charge in [0.25, 0.3) is 0 Å². The third-order valence-electron chi connectivity index (χ3n) is 2.67. The van der Waals surface area contributed by atoms with Crippen molar-refractivity contribution in [2.45, 2.75) is 26.3 Å². The van der Waals surface area contributed by atoms with Crippen LogP contribution in [0.15, 0.2) is 18.3 Å². The van der Waals surface area contributed by atoms with Crippen molar-refractivity contribution in [3.05, 3.63) is 18.3 Å². The first-order chi connectivity index (χ1) is 8.72. The molecule has 1 amide bonds. The van der Waals surface area contributed by atoms with E-state index in [0.29, 0.717) is 25.5 Å². The van der Waals surface area contributed by atoms with Crippen molar-refractivity contribution in [3.63, 3.8) is 0 Å². The van der Waals surface area contributed by atoms with Gasteiger partial charge in [-0.05, 0) is 18.6 Å². The fourth-order valence-electron chi connectivity index (χ4n) is 1.76. The average Bonchev–Trinajstić information content (AvgIpc) is 2.69. The molecule has 0 spiro atoms. The van der Waals surface area contributed by atoms with Crippen LogP contribution in [0.3, 0.4) is 0 Å². The Bertz CT molecular complexity index is 548. The quantitative estimate of drug-likeness (QED) is 0.823. The lowest BCUT2D eigenvalue weighted by molar-refractivity contribution is -0.121. The molecule has 2 aromatic rings. The molecule has 0 aliphatic heterocycles. The van der Waals surface area contributed by atoms with Crippen LogP contribution < -0.4 is 11.1 Å². The van der Waals surface area contributed by atoms with E-state index in [1.807, 2.05) is 19.1 Å². The molecule has 0 unspecified atom stereocenters. The summed E-state index contributed by atoms with van der Waals surface area (Å²) in [6.07, 6.45) is 3.01. The minimum Gasteiger partial charge on any atom is -0.369 e. The summed E-state index contributed by atoms with van der Waals surface area (Å²) < 4.78 is 1.76. The molecule has 0 atom stereocenters. The predicted octanol–water partition coefficient (Wildman–Crippen LogP) is 0.930. The van der Waals surface area contributed by atoms with Crippen molar-refractivity contribution in [2.24, 2.45) is 0 Å². The van der Waals surface area contributed by atoms with Gasteiger partial charge in [-0.2, -0.15) is 0 Å². The molecular weight excluding hydrogens is 230 g/mol. The Kier molecular flexibility index (Phi) is 3.76. The van der Waals surface area contributed by atoms with E-state index in [9.17, 15) is 4.79 Å². The second-order valence-corrected chi connectivity index (χ2v) is 4.07. The van der Waals surface area contributed by atoms with E-state index >= 15 is 0 Å². The second kappa shape index (κ2) is 5.48. The number of aryl methyl sites for hydroxylation is 1. The monoisotopic (exact) mass is 247 g/mol. The SMILES string of the molecule is CCCNC(=O)CCn1c(N)nc2cccnc21. The number of pyridine rings is 1. The summed E-state index contributed by atoms with van der Waals surface area (Å²) in [6, 6.07) is 3.67. The highest BCUT2D eigenvalue weighted by Crippen LogP contribution is 2.15. The predicted molar refractivity (Wildman–Crippen MR) is 69.9 cm³/mol. The molecule has 6 heteroatoms. The van der Waals surface area contributed by atoms with Gasteiger partial charge in [-0.25, -0.2) is 9.97 Å². The normalized spacial score (nSPS) is 10.7. The Morgan fingerprint density at radius 3 is 3.17 bits per heavy atom. The van der Waals surface area contributed by atoms with Gasteiger partial charge in [0, 0.05) is 25.7 Å². The van der Waals surface area contributed by atoms with Crippen LogP contribution in [-0.2, 0) is 11.3 Å². The number of rotatable bonds is 5. The Hall–Kier alpha value is -2.11. The van der Waals surface area contributed by atoms with Crippen LogP contribution in [0.2, 0.25) is 0 Å². The van der Waals surface area contributed by atoms with Crippen LogP contribution in [0.5, 0.6) is 0 Å². The van der Waals surface area contributed by atoms with Crippen LogP contribution in [0.1, 0.15) is 19.8 Å². The molecule has 0 bridgehead atoms. The highest BCUT2D eigenvalue weighted by Gasteiger charge is 2.09. The second-order valence-electron chi connectivity index (χ2n) is 4.07. The Labute approximate surface area is 105 Å². The van der Waals surface area contributed by atoms with Gasteiger partial charge < -0.3 is 11.1 Å². The van der Waals surface area contributed by atoms with Crippen molar-refractivity contribution >= 4 is 23.0 Å². The van der Waals surface area contributed by atoms with Gasteiger partial charge in [0.2, 0.25) is 11.9 Å². The van der Waals surface area contributed by atoms with Gasteiger partial charge in [-0.1, -0.05) is 6.92 Å². The minimum atomic E-state index is 0.0223. The molecule has 0 saturated carbocycles. The number of nitrogens with one attached hydrogen (secondary N) is 1. The molecule has 0 aromatic carbocycles. The van der Waals surface area contributed by atoms with Crippen molar-refractivity contribution < 1.29 is 4.79 Å². The van der Waals surface area contributed by atoms with E-state index in [1.165, 1.54) is 0 Å². The summed E-state index contributed by atoms with van der Waals surface area (Å²) >= 11 is 0. The number of carbonyl (C=O) groups excluding carboxylic acids is 1. The van der Waals surface area contributed by atoms with Gasteiger partial charge in [0.15, 0.2) is 5.65 Å². The highest BCUT2D eigenvalue weighted by molar-refractivity contribution is 5.77. The zero-order valence-corrected chi connectivity index (χ0v) is 10.4. The van der Waals surface area contributed by atoms with E-state index in [-0.39, 0.29) is 5.91 Å². The van der Waals surface area contributed by atoms with Gasteiger partial charge >= 0.3 is 0 Å². The van der Waals surface area contributed by atoms with Crippen LogP contribution in [0, 0.1) is 0 Å². The third kappa shape index (κ3) is 2.58. The lowest BCUT2D eigenvalue weighted by Crippen LogP contribution is -2.25.